The molecule has 1 aromatic rings. The molecule has 1 fully saturated rings. The lowest BCUT2D eigenvalue weighted by molar-refractivity contribution is 0.146. The molecule has 0 aromatic carbocycles. The van der Waals surface area contributed by atoms with Gasteiger partial charge in [0, 0.05) is 38.6 Å². The van der Waals surface area contributed by atoms with Crippen molar-refractivity contribution < 1.29 is 9.84 Å². The van der Waals surface area contributed by atoms with Crippen molar-refractivity contribution in [1.82, 2.24) is 20.4 Å². The molecule has 0 amide bonds. The third kappa shape index (κ3) is 5.35. The Morgan fingerprint density at radius 2 is 2.17 bits per heavy atom. The Kier molecular flexibility index (Phi) is 8.33. The highest BCUT2D eigenvalue weighted by atomic mass is 35.5. The van der Waals surface area contributed by atoms with E-state index in [0.29, 0.717) is 19.1 Å². The van der Waals surface area contributed by atoms with E-state index < -0.39 is 0 Å². The van der Waals surface area contributed by atoms with Gasteiger partial charge in [-0.3, -0.25) is 0 Å². The first-order valence-corrected chi connectivity index (χ1v) is 8.31. The molecule has 134 valence electrons. The Labute approximate surface area is 145 Å². The van der Waals surface area contributed by atoms with E-state index in [-0.39, 0.29) is 24.4 Å². The number of hydrogen-bond donors (Lipinski definition) is 3. The maximum atomic E-state index is 9.84. The SMILES string of the molecule is CCOc1c(CNCC2CNCC2O)c(C)nn1CC(C)C.Cl. The molecule has 1 aromatic heterocycles. The number of β-amino-alcohol motifs (C(OH)–C–C–N with tert-alkyl or cyclic N) is 1. The van der Waals surface area contributed by atoms with Crippen molar-refractivity contribution in [3.63, 3.8) is 0 Å². The summed E-state index contributed by atoms with van der Waals surface area (Å²) in [7, 11) is 0. The summed E-state index contributed by atoms with van der Waals surface area (Å²) >= 11 is 0. The van der Waals surface area contributed by atoms with Gasteiger partial charge in [0.25, 0.3) is 0 Å². The van der Waals surface area contributed by atoms with Gasteiger partial charge in [-0.15, -0.1) is 12.4 Å². The van der Waals surface area contributed by atoms with Crippen LogP contribution in [-0.4, -0.2) is 47.2 Å². The van der Waals surface area contributed by atoms with E-state index in [1.54, 1.807) is 0 Å². The van der Waals surface area contributed by atoms with Crippen LogP contribution in [0.25, 0.3) is 0 Å². The highest BCUT2D eigenvalue weighted by Gasteiger charge is 2.24. The van der Waals surface area contributed by atoms with Crippen LogP contribution < -0.4 is 15.4 Å². The van der Waals surface area contributed by atoms with Crippen molar-refractivity contribution >= 4 is 12.4 Å². The maximum Gasteiger partial charge on any atom is 0.216 e. The van der Waals surface area contributed by atoms with Gasteiger partial charge < -0.3 is 20.5 Å². The van der Waals surface area contributed by atoms with Gasteiger partial charge in [-0.2, -0.15) is 5.10 Å². The van der Waals surface area contributed by atoms with Gasteiger partial charge in [0.1, 0.15) is 0 Å². The zero-order chi connectivity index (χ0) is 16.1. The molecular weight excluding hydrogens is 316 g/mol. The molecule has 1 aliphatic rings. The minimum Gasteiger partial charge on any atom is -0.478 e. The fourth-order valence-corrected chi connectivity index (χ4v) is 2.88. The van der Waals surface area contributed by atoms with Crippen LogP contribution in [0.1, 0.15) is 32.0 Å². The lowest BCUT2D eigenvalue weighted by atomic mass is 10.1. The lowest BCUT2D eigenvalue weighted by Gasteiger charge is -2.15. The standard InChI is InChI=1S/C16H30N4O2.ClH/c1-5-22-16-14(12(4)19-20(16)10-11(2)3)8-17-6-13-7-18-9-15(13)21;/h11,13,15,17-18,21H,5-10H2,1-4H3;1H. The molecule has 1 aliphatic heterocycles. The fourth-order valence-electron chi connectivity index (χ4n) is 2.88. The number of ether oxygens (including phenoxy) is 1. The van der Waals surface area contributed by atoms with Crippen molar-refractivity contribution in [2.75, 3.05) is 26.2 Å². The molecule has 2 unspecified atom stereocenters. The number of rotatable bonds is 8. The second-order valence-corrected chi connectivity index (χ2v) is 6.49. The Morgan fingerprint density at radius 3 is 2.74 bits per heavy atom. The highest BCUT2D eigenvalue weighted by Crippen LogP contribution is 2.23. The quantitative estimate of drug-likeness (QED) is 0.662. The smallest absolute Gasteiger partial charge is 0.216 e. The first kappa shape index (κ1) is 20.2. The summed E-state index contributed by atoms with van der Waals surface area (Å²) in [5.41, 5.74) is 2.14. The number of aromatic nitrogens is 2. The van der Waals surface area contributed by atoms with Crippen molar-refractivity contribution in [3.05, 3.63) is 11.3 Å². The van der Waals surface area contributed by atoms with Crippen LogP contribution in [0.2, 0.25) is 0 Å². The van der Waals surface area contributed by atoms with E-state index in [1.807, 2.05) is 18.5 Å². The van der Waals surface area contributed by atoms with Gasteiger partial charge in [-0.25, -0.2) is 4.68 Å². The molecule has 1 saturated heterocycles. The molecule has 7 heteroatoms. The van der Waals surface area contributed by atoms with Crippen molar-refractivity contribution in [1.29, 1.82) is 0 Å². The predicted molar refractivity (Wildman–Crippen MR) is 94.3 cm³/mol. The molecule has 6 nitrogen and oxygen atoms in total. The number of aliphatic hydroxyl groups excluding tert-OH is 1. The monoisotopic (exact) mass is 346 g/mol. The van der Waals surface area contributed by atoms with Crippen LogP contribution in [0.15, 0.2) is 0 Å². The van der Waals surface area contributed by atoms with E-state index >= 15 is 0 Å². The second kappa shape index (κ2) is 9.47. The van der Waals surface area contributed by atoms with Crippen LogP contribution in [0.4, 0.5) is 0 Å². The van der Waals surface area contributed by atoms with Crippen LogP contribution in [0.3, 0.4) is 0 Å². The summed E-state index contributed by atoms with van der Waals surface area (Å²) in [5.74, 6) is 1.69. The molecule has 0 spiro atoms. The number of hydrogen-bond acceptors (Lipinski definition) is 5. The molecule has 0 aliphatic carbocycles. The maximum absolute atomic E-state index is 9.84. The fraction of sp³-hybridized carbons (Fsp3) is 0.812. The summed E-state index contributed by atoms with van der Waals surface area (Å²) in [6.07, 6.45) is -0.247. The topological polar surface area (TPSA) is 71.3 Å². The van der Waals surface area contributed by atoms with Crippen molar-refractivity contribution in [2.45, 2.75) is 46.9 Å². The third-order valence-electron chi connectivity index (χ3n) is 4.03. The van der Waals surface area contributed by atoms with Crippen LogP contribution in [0, 0.1) is 18.8 Å². The Bertz CT molecular complexity index is 479. The summed E-state index contributed by atoms with van der Waals surface area (Å²) in [6, 6.07) is 0. The molecule has 2 heterocycles. The summed E-state index contributed by atoms with van der Waals surface area (Å²) < 4.78 is 7.81. The molecule has 23 heavy (non-hydrogen) atoms. The molecular formula is C16H31ClN4O2. The van der Waals surface area contributed by atoms with Crippen molar-refractivity contribution in [3.8, 4) is 5.88 Å². The van der Waals surface area contributed by atoms with Crippen LogP contribution >= 0.6 is 12.4 Å². The summed E-state index contributed by atoms with van der Waals surface area (Å²) in [6.45, 7) is 13.0. The molecule has 3 N–H and O–H groups in total. The summed E-state index contributed by atoms with van der Waals surface area (Å²) in [4.78, 5) is 0. The predicted octanol–water partition coefficient (Wildman–Crippen LogP) is 1.34. The Hall–Kier alpha value is -0.820. The van der Waals surface area contributed by atoms with E-state index in [1.165, 1.54) is 0 Å². The lowest BCUT2D eigenvalue weighted by Crippen LogP contribution is -2.30. The van der Waals surface area contributed by atoms with Gasteiger partial charge in [-0.05, 0) is 19.8 Å². The van der Waals surface area contributed by atoms with Crippen LogP contribution in [0.5, 0.6) is 5.88 Å². The number of aliphatic hydroxyl groups is 1. The van der Waals surface area contributed by atoms with E-state index in [4.69, 9.17) is 4.74 Å². The van der Waals surface area contributed by atoms with E-state index in [9.17, 15) is 5.11 Å². The number of aryl methyl sites for hydroxylation is 1. The number of nitrogens with one attached hydrogen (secondary N) is 2. The highest BCUT2D eigenvalue weighted by molar-refractivity contribution is 5.85. The zero-order valence-corrected chi connectivity index (χ0v) is 15.4. The number of halogens is 1. The molecule has 0 radical (unpaired) electrons. The zero-order valence-electron chi connectivity index (χ0n) is 14.6. The largest absolute Gasteiger partial charge is 0.478 e. The first-order chi connectivity index (χ1) is 10.5. The average molecular weight is 347 g/mol. The van der Waals surface area contributed by atoms with Gasteiger partial charge in [0.15, 0.2) is 0 Å². The number of nitrogens with zero attached hydrogens (tertiary/aromatic N) is 2. The Morgan fingerprint density at radius 1 is 1.43 bits per heavy atom. The van der Waals surface area contributed by atoms with Gasteiger partial charge >= 0.3 is 0 Å². The van der Waals surface area contributed by atoms with Gasteiger partial charge in [0.2, 0.25) is 5.88 Å². The van der Waals surface area contributed by atoms with Gasteiger partial charge in [-0.1, -0.05) is 13.8 Å². The molecule has 2 rings (SSSR count). The minimum atomic E-state index is -0.247. The van der Waals surface area contributed by atoms with Crippen molar-refractivity contribution in [2.24, 2.45) is 11.8 Å². The van der Waals surface area contributed by atoms with Crippen LogP contribution in [-0.2, 0) is 13.1 Å². The first-order valence-electron chi connectivity index (χ1n) is 8.31. The Balaban J connectivity index is 0.00000264. The van der Waals surface area contributed by atoms with E-state index in [2.05, 4.69) is 29.6 Å². The minimum absolute atomic E-state index is 0. The van der Waals surface area contributed by atoms with E-state index in [0.717, 1.165) is 43.3 Å². The van der Waals surface area contributed by atoms with Gasteiger partial charge in [0.05, 0.1) is 24.0 Å². The average Bonchev–Trinajstić information content (AvgIpc) is 2.97. The normalized spacial score (nSPS) is 20.8. The molecule has 0 bridgehead atoms. The third-order valence-corrected chi connectivity index (χ3v) is 4.03. The molecule has 0 saturated carbocycles. The molecule has 2 atom stereocenters. The second-order valence-electron chi connectivity index (χ2n) is 6.49. The summed E-state index contributed by atoms with van der Waals surface area (Å²) in [5, 5.41) is 21.1.